The highest BCUT2D eigenvalue weighted by Gasteiger charge is 2.14. The zero-order valence-corrected chi connectivity index (χ0v) is 18.7. The number of hydrogen-bond acceptors (Lipinski definition) is 4. The molecule has 0 radical (unpaired) electrons. The Bertz CT molecular complexity index is 921. The summed E-state index contributed by atoms with van der Waals surface area (Å²) < 4.78 is 0. The molecular weight excluding hydrogens is 404 g/mol. The van der Waals surface area contributed by atoms with Gasteiger partial charge < -0.3 is 10.2 Å². The Kier molecular flexibility index (Phi) is 8.84. The number of benzene rings is 2. The smallest absolute Gasteiger partial charge is 0.336 e. The number of carbonyl (C=O) groups is 3. The zero-order chi connectivity index (χ0) is 22.8. The van der Waals surface area contributed by atoms with E-state index in [4.69, 9.17) is 4.84 Å². The fraction of sp³-hybridized carbons (Fsp3) is 0.423. The number of nitrogens with one attached hydrogen (secondary N) is 2. The van der Waals surface area contributed by atoms with Crippen LogP contribution < -0.4 is 10.8 Å². The van der Waals surface area contributed by atoms with Crippen molar-refractivity contribution in [3.63, 3.8) is 0 Å². The van der Waals surface area contributed by atoms with E-state index in [1.54, 1.807) is 42.5 Å². The van der Waals surface area contributed by atoms with Gasteiger partial charge >= 0.3 is 5.97 Å². The molecule has 170 valence electrons. The fourth-order valence-electron chi connectivity index (χ4n) is 4.17. The van der Waals surface area contributed by atoms with Crippen molar-refractivity contribution in [2.45, 2.75) is 64.7 Å². The summed E-state index contributed by atoms with van der Waals surface area (Å²) in [6.45, 7) is 1.88. The largest absolute Gasteiger partial charge is 0.340 e. The first-order valence-corrected chi connectivity index (χ1v) is 11.5. The van der Waals surface area contributed by atoms with Gasteiger partial charge in [0.15, 0.2) is 0 Å². The first kappa shape index (κ1) is 23.5. The number of hydrogen-bond donors (Lipinski definition) is 2. The molecule has 2 aromatic carbocycles. The van der Waals surface area contributed by atoms with Crippen molar-refractivity contribution in [3.8, 4) is 0 Å². The van der Waals surface area contributed by atoms with E-state index in [9.17, 15) is 14.4 Å². The predicted octanol–water partition coefficient (Wildman–Crippen LogP) is 5.11. The summed E-state index contributed by atoms with van der Waals surface area (Å²) in [7, 11) is 0. The van der Waals surface area contributed by atoms with Gasteiger partial charge in [0.25, 0.3) is 5.91 Å². The standard InChI is InChI=1S/C26H32N2O4/c1-19-17-23(27-24(29)14-8-11-20-9-4-2-5-10-20)16-15-22(19)18-25(30)32-28-26(31)21-12-6-3-7-13-21/h3,6-7,12-13,15-17,20H,2,4-5,8-11,14,18H2,1H3,(H,27,29)(H,28,31). The van der Waals surface area contributed by atoms with Crippen molar-refractivity contribution < 1.29 is 19.2 Å². The molecule has 1 aliphatic carbocycles. The van der Waals surface area contributed by atoms with Crippen LogP contribution in [0.4, 0.5) is 5.69 Å². The number of carbonyl (C=O) groups excluding carboxylic acids is 3. The van der Waals surface area contributed by atoms with Gasteiger partial charge in [-0.25, -0.2) is 4.79 Å². The van der Waals surface area contributed by atoms with Gasteiger partial charge in [-0.05, 0) is 61.1 Å². The SMILES string of the molecule is Cc1cc(NC(=O)CCCC2CCCCC2)ccc1CC(=O)ONC(=O)c1ccccc1. The molecular formula is C26H32N2O4. The van der Waals surface area contributed by atoms with Gasteiger partial charge in [-0.15, -0.1) is 0 Å². The maximum atomic E-state index is 12.3. The quantitative estimate of drug-likeness (QED) is 0.563. The average molecular weight is 437 g/mol. The number of amides is 2. The fourth-order valence-corrected chi connectivity index (χ4v) is 4.17. The maximum absolute atomic E-state index is 12.3. The van der Waals surface area contributed by atoms with Crippen LogP contribution in [0.2, 0.25) is 0 Å². The minimum Gasteiger partial charge on any atom is -0.340 e. The van der Waals surface area contributed by atoms with Crippen molar-refractivity contribution in [1.29, 1.82) is 0 Å². The lowest BCUT2D eigenvalue weighted by atomic mass is 9.86. The van der Waals surface area contributed by atoms with Crippen LogP contribution in [-0.4, -0.2) is 17.8 Å². The molecule has 1 saturated carbocycles. The van der Waals surface area contributed by atoms with Gasteiger partial charge in [0.2, 0.25) is 5.91 Å². The maximum Gasteiger partial charge on any atom is 0.336 e. The molecule has 0 bridgehead atoms. The molecule has 0 spiro atoms. The van der Waals surface area contributed by atoms with E-state index in [2.05, 4.69) is 10.8 Å². The number of aryl methyl sites for hydroxylation is 1. The molecule has 2 amide bonds. The Morgan fingerprint density at radius 3 is 2.47 bits per heavy atom. The third-order valence-corrected chi connectivity index (χ3v) is 6.00. The first-order chi connectivity index (χ1) is 15.5. The molecule has 0 unspecified atom stereocenters. The molecule has 0 aromatic heterocycles. The summed E-state index contributed by atoms with van der Waals surface area (Å²) in [4.78, 5) is 41.2. The van der Waals surface area contributed by atoms with Gasteiger partial charge in [0.1, 0.15) is 0 Å². The predicted molar refractivity (Wildman–Crippen MR) is 124 cm³/mol. The summed E-state index contributed by atoms with van der Waals surface area (Å²) >= 11 is 0. The molecule has 0 aliphatic heterocycles. The molecule has 0 atom stereocenters. The average Bonchev–Trinajstić information content (AvgIpc) is 2.80. The van der Waals surface area contributed by atoms with E-state index >= 15 is 0 Å². The Hall–Kier alpha value is -3.15. The van der Waals surface area contributed by atoms with Crippen molar-refractivity contribution in [2.75, 3.05) is 5.32 Å². The van der Waals surface area contributed by atoms with Gasteiger partial charge in [0.05, 0.1) is 6.42 Å². The van der Waals surface area contributed by atoms with Crippen LogP contribution in [0.15, 0.2) is 48.5 Å². The normalized spacial score (nSPS) is 13.9. The molecule has 2 N–H and O–H groups in total. The highest BCUT2D eigenvalue weighted by Crippen LogP contribution is 2.27. The third-order valence-electron chi connectivity index (χ3n) is 6.00. The molecule has 1 fully saturated rings. The molecule has 2 aromatic rings. The monoisotopic (exact) mass is 436 g/mol. The van der Waals surface area contributed by atoms with Crippen LogP contribution >= 0.6 is 0 Å². The molecule has 0 heterocycles. The topological polar surface area (TPSA) is 84.5 Å². The molecule has 3 rings (SSSR count). The molecule has 1 aliphatic rings. The van der Waals surface area contributed by atoms with E-state index < -0.39 is 11.9 Å². The Morgan fingerprint density at radius 2 is 1.75 bits per heavy atom. The van der Waals surface area contributed by atoms with Crippen LogP contribution in [0.5, 0.6) is 0 Å². The van der Waals surface area contributed by atoms with Gasteiger partial charge in [-0.1, -0.05) is 56.4 Å². The van der Waals surface area contributed by atoms with E-state index in [0.29, 0.717) is 12.0 Å². The van der Waals surface area contributed by atoms with Crippen molar-refractivity contribution in [3.05, 3.63) is 65.2 Å². The highest BCUT2D eigenvalue weighted by molar-refractivity contribution is 5.94. The number of rotatable bonds is 8. The summed E-state index contributed by atoms with van der Waals surface area (Å²) in [5, 5.41) is 2.95. The van der Waals surface area contributed by atoms with Crippen LogP contribution in [0, 0.1) is 12.8 Å². The van der Waals surface area contributed by atoms with Gasteiger partial charge in [0, 0.05) is 17.7 Å². The third kappa shape index (κ3) is 7.52. The Balaban J connectivity index is 1.41. The molecule has 6 nitrogen and oxygen atoms in total. The van der Waals surface area contributed by atoms with Crippen LogP contribution in [0.1, 0.15) is 72.9 Å². The van der Waals surface area contributed by atoms with Crippen molar-refractivity contribution >= 4 is 23.5 Å². The Labute approximate surface area is 189 Å². The summed E-state index contributed by atoms with van der Waals surface area (Å²) in [6, 6.07) is 14.0. The van der Waals surface area contributed by atoms with Gasteiger partial charge in [-0.3, -0.25) is 9.59 Å². The Morgan fingerprint density at radius 1 is 1.00 bits per heavy atom. The summed E-state index contributed by atoms with van der Waals surface area (Å²) in [5.41, 5.74) is 4.96. The second kappa shape index (κ2) is 12.0. The summed E-state index contributed by atoms with van der Waals surface area (Å²) in [5.74, 6) is -0.222. The van der Waals surface area contributed by atoms with E-state index in [1.165, 1.54) is 32.1 Å². The van der Waals surface area contributed by atoms with Gasteiger partial charge in [-0.2, -0.15) is 5.48 Å². The molecule has 6 heteroatoms. The lowest BCUT2D eigenvalue weighted by molar-refractivity contribution is -0.148. The van der Waals surface area contributed by atoms with Crippen molar-refractivity contribution in [1.82, 2.24) is 5.48 Å². The second-order valence-corrected chi connectivity index (χ2v) is 8.53. The molecule has 32 heavy (non-hydrogen) atoms. The lowest BCUT2D eigenvalue weighted by Crippen LogP contribution is -2.27. The van der Waals surface area contributed by atoms with Crippen LogP contribution in [-0.2, 0) is 20.8 Å². The summed E-state index contributed by atoms with van der Waals surface area (Å²) in [6.07, 6.45) is 9.24. The highest BCUT2D eigenvalue weighted by atomic mass is 16.7. The van der Waals surface area contributed by atoms with Crippen LogP contribution in [0.3, 0.4) is 0 Å². The molecule has 0 saturated heterocycles. The number of hydroxylamine groups is 1. The lowest BCUT2D eigenvalue weighted by Gasteiger charge is -2.21. The van der Waals surface area contributed by atoms with E-state index in [1.807, 2.05) is 13.0 Å². The van der Waals surface area contributed by atoms with E-state index in [0.717, 1.165) is 35.6 Å². The van der Waals surface area contributed by atoms with Crippen LogP contribution in [0.25, 0.3) is 0 Å². The number of anilines is 1. The second-order valence-electron chi connectivity index (χ2n) is 8.53. The minimum absolute atomic E-state index is 0.0241. The first-order valence-electron chi connectivity index (χ1n) is 11.5. The zero-order valence-electron chi connectivity index (χ0n) is 18.7. The van der Waals surface area contributed by atoms with E-state index in [-0.39, 0.29) is 12.3 Å². The minimum atomic E-state index is -0.558. The van der Waals surface area contributed by atoms with Crippen molar-refractivity contribution in [2.24, 2.45) is 5.92 Å².